The van der Waals surface area contributed by atoms with Crippen molar-refractivity contribution in [2.24, 2.45) is 7.05 Å². The average Bonchev–Trinajstić information content (AvgIpc) is 3.16. The van der Waals surface area contributed by atoms with E-state index in [1.807, 2.05) is 45.3 Å². The van der Waals surface area contributed by atoms with Gasteiger partial charge in [-0.1, -0.05) is 0 Å². The van der Waals surface area contributed by atoms with E-state index in [9.17, 15) is 4.79 Å². The Labute approximate surface area is 146 Å². The lowest BCUT2D eigenvalue weighted by atomic mass is 10.1. The van der Waals surface area contributed by atoms with Crippen LogP contribution >= 0.6 is 0 Å². The minimum absolute atomic E-state index is 0.186. The highest BCUT2D eigenvalue weighted by molar-refractivity contribution is 5.92. The van der Waals surface area contributed by atoms with Crippen molar-refractivity contribution in [3.05, 3.63) is 53.6 Å². The van der Waals surface area contributed by atoms with Crippen LogP contribution in [0.25, 0.3) is 17.0 Å². The second-order valence-electron chi connectivity index (χ2n) is 5.96. The van der Waals surface area contributed by atoms with Crippen molar-refractivity contribution in [2.45, 2.75) is 19.9 Å². The minimum Gasteiger partial charge on any atom is -0.497 e. The largest absolute Gasteiger partial charge is 0.497 e. The first-order valence-electron chi connectivity index (χ1n) is 8.02. The Morgan fingerprint density at radius 2 is 2.24 bits per heavy atom. The second-order valence-corrected chi connectivity index (χ2v) is 5.96. The van der Waals surface area contributed by atoms with Gasteiger partial charge in [-0.15, -0.1) is 0 Å². The number of nitrogens with one attached hydrogen (secondary N) is 1. The van der Waals surface area contributed by atoms with E-state index >= 15 is 0 Å². The molecule has 6 nitrogen and oxygen atoms in total. The zero-order chi connectivity index (χ0) is 18.0. The smallest absolute Gasteiger partial charge is 0.244 e. The van der Waals surface area contributed by atoms with Crippen LogP contribution in [0.15, 0.2) is 41.1 Å². The van der Waals surface area contributed by atoms with E-state index in [1.165, 1.54) is 6.08 Å². The molecule has 0 spiro atoms. The molecule has 0 radical (unpaired) electrons. The number of carbonyl (C=O) groups is 1. The van der Waals surface area contributed by atoms with Crippen LogP contribution in [0.1, 0.15) is 29.9 Å². The lowest BCUT2D eigenvalue weighted by molar-refractivity contribution is -0.117. The minimum atomic E-state index is -0.246. The maximum atomic E-state index is 12.1. The third-order valence-corrected chi connectivity index (χ3v) is 4.08. The van der Waals surface area contributed by atoms with Crippen LogP contribution in [0.2, 0.25) is 0 Å². The van der Waals surface area contributed by atoms with Gasteiger partial charge in [0.1, 0.15) is 17.1 Å². The Morgan fingerprint density at radius 3 is 2.92 bits per heavy atom. The second kappa shape index (κ2) is 6.84. The molecule has 2 heterocycles. The van der Waals surface area contributed by atoms with Gasteiger partial charge in [-0.05, 0) is 38.1 Å². The highest BCUT2D eigenvalue weighted by atomic mass is 16.5. The van der Waals surface area contributed by atoms with Gasteiger partial charge in [0, 0.05) is 35.8 Å². The van der Waals surface area contributed by atoms with Crippen LogP contribution < -0.4 is 10.1 Å². The summed E-state index contributed by atoms with van der Waals surface area (Å²) < 4.78 is 12.9. The van der Waals surface area contributed by atoms with Crippen molar-refractivity contribution in [1.29, 1.82) is 0 Å². The first-order valence-corrected chi connectivity index (χ1v) is 8.02. The summed E-state index contributed by atoms with van der Waals surface area (Å²) in [4.78, 5) is 12.1. The number of ether oxygens (including phenoxy) is 1. The van der Waals surface area contributed by atoms with Crippen molar-refractivity contribution >= 4 is 23.0 Å². The third kappa shape index (κ3) is 3.57. The predicted molar refractivity (Wildman–Crippen MR) is 96.3 cm³/mol. The molecule has 0 aliphatic heterocycles. The number of nitrogens with zero attached hydrogens (tertiary/aromatic N) is 2. The van der Waals surface area contributed by atoms with Crippen molar-refractivity contribution in [2.75, 3.05) is 7.11 Å². The van der Waals surface area contributed by atoms with E-state index < -0.39 is 0 Å². The molecule has 0 saturated carbocycles. The van der Waals surface area contributed by atoms with Crippen molar-refractivity contribution < 1.29 is 13.9 Å². The molecule has 1 aromatic carbocycles. The maximum absolute atomic E-state index is 12.1. The number of hydrogen-bond donors (Lipinski definition) is 1. The molecule has 2 aromatic heterocycles. The Bertz CT molecular complexity index is 937. The lowest BCUT2D eigenvalue weighted by Gasteiger charge is -2.10. The number of rotatable bonds is 5. The van der Waals surface area contributed by atoms with Gasteiger partial charge in [0.2, 0.25) is 5.91 Å². The fourth-order valence-electron chi connectivity index (χ4n) is 2.78. The first-order chi connectivity index (χ1) is 12.0. The van der Waals surface area contributed by atoms with Gasteiger partial charge < -0.3 is 14.5 Å². The summed E-state index contributed by atoms with van der Waals surface area (Å²) in [5.41, 5.74) is 2.65. The Balaban J connectivity index is 1.75. The van der Waals surface area contributed by atoms with Crippen molar-refractivity contribution in [3.63, 3.8) is 0 Å². The molecule has 0 fully saturated rings. The van der Waals surface area contributed by atoms with Crippen molar-refractivity contribution in [3.8, 4) is 5.75 Å². The summed E-state index contributed by atoms with van der Waals surface area (Å²) in [7, 11) is 3.47. The Kier molecular flexibility index (Phi) is 4.61. The van der Waals surface area contributed by atoms with Gasteiger partial charge in [0.25, 0.3) is 0 Å². The molecule has 1 unspecified atom stereocenters. The van der Waals surface area contributed by atoms with Crippen LogP contribution in [0.4, 0.5) is 0 Å². The fraction of sp³-hybridized carbons (Fsp3) is 0.263. The first kappa shape index (κ1) is 16.8. The van der Waals surface area contributed by atoms with E-state index in [2.05, 4.69) is 10.4 Å². The van der Waals surface area contributed by atoms with E-state index in [0.717, 1.165) is 33.6 Å². The number of aryl methyl sites for hydroxylation is 2. The van der Waals surface area contributed by atoms with Crippen LogP contribution in [-0.2, 0) is 11.8 Å². The molecule has 1 N–H and O–H groups in total. The standard InChI is InChI=1S/C19H21N3O3/c1-12-16-9-15(24-4)6-7-17(16)25-19(12)13(2)21-18(23)8-5-14-10-20-22(3)11-14/h5-11,13H,1-4H3,(H,21,23). The Morgan fingerprint density at radius 1 is 1.44 bits per heavy atom. The van der Waals surface area contributed by atoms with E-state index in [1.54, 1.807) is 24.1 Å². The lowest BCUT2D eigenvalue weighted by Crippen LogP contribution is -2.24. The van der Waals surface area contributed by atoms with Crippen molar-refractivity contribution in [1.82, 2.24) is 15.1 Å². The third-order valence-electron chi connectivity index (χ3n) is 4.08. The van der Waals surface area contributed by atoms with Gasteiger partial charge in [-0.3, -0.25) is 9.48 Å². The normalized spacial score (nSPS) is 12.6. The SMILES string of the molecule is COc1ccc2oc(C(C)NC(=O)C=Cc3cnn(C)c3)c(C)c2c1. The molecule has 0 saturated heterocycles. The number of benzene rings is 1. The summed E-state index contributed by atoms with van der Waals surface area (Å²) in [5.74, 6) is 1.33. The average molecular weight is 339 g/mol. The van der Waals surface area contributed by atoms with Crippen LogP contribution in [0, 0.1) is 6.92 Å². The highest BCUT2D eigenvalue weighted by Gasteiger charge is 2.18. The number of carbonyl (C=O) groups excluding carboxylic acids is 1. The van der Waals surface area contributed by atoms with Crippen LogP contribution in [0.5, 0.6) is 5.75 Å². The van der Waals surface area contributed by atoms with Gasteiger partial charge >= 0.3 is 0 Å². The topological polar surface area (TPSA) is 69.3 Å². The number of methoxy groups -OCH3 is 1. The van der Waals surface area contributed by atoms with Crippen LogP contribution in [-0.4, -0.2) is 22.8 Å². The molecule has 3 rings (SSSR count). The van der Waals surface area contributed by atoms with E-state index in [0.29, 0.717) is 0 Å². The molecule has 130 valence electrons. The van der Waals surface area contributed by atoms with Crippen LogP contribution in [0.3, 0.4) is 0 Å². The molecular weight excluding hydrogens is 318 g/mol. The molecule has 25 heavy (non-hydrogen) atoms. The highest BCUT2D eigenvalue weighted by Crippen LogP contribution is 2.31. The molecule has 0 aliphatic rings. The van der Waals surface area contributed by atoms with Gasteiger partial charge in [-0.25, -0.2) is 0 Å². The fourth-order valence-corrected chi connectivity index (χ4v) is 2.78. The summed E-state index contributed by atoms with van der Waals surface area (Å²) in [5, 5.41) is 7.97. The number of fused-ring (bicyclic) bond motifs is 1. The van der Waals surface area contributed by atoms with E-state index in [-0.39, 0.29) is 11.9 Å². The number of hydrogen-bond acceptors (Lipinski definition) is 4. The zero-order valence-corrected chi connectivity index (χ0v) is 14.7. The maximum Gasteiger partial charge on any atom is 0.244 e. The number of furan rings is 1. The molecule has 0 bridgehead atoms. The van der Waals surface area contributed by atoms with Gasteiger partial charge in [-0.2, -0.15) is 5.10 Å². The molecule has 0 aliphatic carbocycles. The number of aromatic nitrogens is 2. The Hall–Kier alpha value is -3.02. The quantitative estimate of drug-likeness (QED) is 0.724. The zero-order valence-electron chi connectivity index (χ0n) is 14.7. The van der Waals surface area contributed by atoms with E-state index in [4.69, 9.17) is 9.15 Å². The van der Waals surface area contributed by atoms with Gasteiger partial charge in [0.05, 0.1) is 19.3 Å². The summed E-state index contributed by atoms with van der Waals surface area (Å²) in [6, 6.07) is 5.43. The monoisotopic (exact) mass is 339 g/mol. The van der Waals surface area contributed by atoms with Gasteiger partial charge in [0.15, 0.2) is 0 Å². The molecule has 1 atom stereocenters. The summed E-state index contributed by atoms with van der Waals surface area (Å²) in [6.45, 7) is 3.88. The molecule has 6 heteroatoms. The summed E-state index contributed by atoms with van der Waals surface area (Å²) in [6.07, 6.45) is 6.76. The summed E-state index contributed by atoms with van der Waals surface area (Å²) >= 11 is 0. The molecule has 1 amide bonds. The number of amides is 1. The molecular formula is C19H21N3O3. The predicted octanol–water partition coefficient (Wildman–Crippen LogP) is 3.37. The molecule has 3 aromatic rings.